The summed E-state index contributed by atoms with van der Waals surface area (Å²) in [6.07, 6.45) is 1.45. The van der Waals surface area contributed by atoms with Crippen LogP contribution >= 0.6 is 0 Å². The Balaban J connectivity index is 1.40. The van der Waals surface area contributed by atoms with Gasteiger partial charge in [-0.25, -0.2) is 0 Å². The van der Waals surface area contributed by atoms with Gasteiger partial charge in [0.2, 0.25) is 0 Å². The highest BCUT2D eigenvalue weighted by Crippen LogP contribution is 2.10. The van der Waals surface area contributed by atoms with Crippen LogP contribution in [0.4, 0.5) is 0 Å². The summed E-state index contributed by atoms with van der Waals surface area (Å²) in [5.41, 5.74) is 0. The third-order valence-corrected chi connectivity index (χ3v) is 5.13. The maximum Gasteiger partial charge on any atom is 0.174 e. The second-order valence-electron chi connectivity index (χ2n) is 5.02. The smallest absolute Gasteiger partial charge is 0.174 e. The second-order valence-corrected chi connectivity index (χ2v) is 7.55. The van der Waals surface area contributed by atoms with Crippen LogP contribution in [0.5, 0.6) is 5.75 Å². The normalized spacial score (nSPS) is 18.8. The van der Waals surface area contributed by atoms with E-state index in [0.29, 0.717) is 19.3 Å². The largest absolute Gasteiger partial charge is 0.491 e. The van der Waals surface area contributed by atoms with E-state index in [0.717, 1.165) is 38.0 Å². The summed E-state index contributed by atoms with van der Waals surface area (Å²) < 4.78 is 22.0. The van der Waals surface area contributed by atoms with Crippen LogP contribution < -0.4 is 4.74 Å². The van der Waals surface area contributed by atoms with Crippen molar-refractivity contribution >= 4 is 9.04 Å². The molecular formula is C15H24O4Si. The van der Waals surface area contributed by atoms with E-state index >= 15 is 0 Å². The van der Waals surface area contributed by atoms with Crippen LogP contribution in [-0.4, -0.2) is 48.2 Å². The average molecular weight is 296 g/mol. The molecule has 1 heterocycles. The molecule has 2 rings (SSSR count). The Morgan fingerprint density at radius 2 is 2.00 bits per heavy atom. The van der Waals surface area contributed by atoms with E-state index in [2.05, 4.69) is 6.55 Å². The monoisotopic (exact) mass is 296 g/mol. The molecule has 0 radical (unpaired) electrons. The summed E-state index contributed by atoms with van der Waals surface area (Å²) >= 11 is 0. The van der Waals surface area contributed by atoms with Gasteiger partial charge in [-0.2, -0.15) is 0 Å². The fraction of sp³-hybridized carbons (Fsp3) is 0.600. The molecule has 5 heteroatoms. The first-order chi connectivity index (χ1) is 9.84. The molecule has 1 fully saturated rings. The zero-order valence-corrected chi connectivity index (χ0v) is 13.3. The van der Waals surface area contributed by atoms with Gasteiger partial charge in [0.15, 0.2) is 9.04 Å². The molecule has 0 amide bonds. The van der Waals surface area contributed by atoms with Crippen molar-refractivity contribution in [3.05, 3.63) is 30.3 Å². The second kappa shape index (κ2) is 9.13. The highest BCUT2D eigenvalue weighted by molar-refractivity contribution is 6.50. The van der Waals surface area contributed by atoms with E-state index in [4.69, 9.17) is 18.6 Å². The third-order valence-electron chi connectivity index (χ3n) is 3.10. The van der Waals surface area contributed by atoms with Crippen molar-refractivity contribution in [2.75, 3.05) is 33.0 Å². The van der Waals surface area contributed by atoms with E-state index < -0.39 is 9.04 Å². The van der Waals surface area contributed by atoms with Gasteiger partial charge in [0.1, 0.15) is 18.5 Å². The van der Waals surface area contributed by atoms with Crippen LogP contribution in [0.3, 0.4) is 0 Å². The minimum absolute atomic E-state index is 0.371. The summed E-state index contributed by atoms with van der Waals surface area (Å²) in [6, 6.07) is 11.0. The van der Waals surface area contributed by atoms with Crippen molar-refractivity contribution in [1.82, 2.24) is 0 Å². The Labute approximate surface area is 122 Å². The molecule has 1 saturated heterocycles. The van der Waals surface area contributed by atoms with Gasteiger partial charge in [0.25, 0.3) is 0 Å². The fourth-order valence-corrected chi connectivity index (χ4v) is 3.27. The molecule has 1 aliphatic rings. The number of hydrogen-bond acceptors (Lipinski definition) is 4. The summed E-state index contributed by atoms with van der Waals surface area (Å²) in [6.45, 7) is 5.97. The first kappa shape index (κ1) is 15.5. The predicted molar refractivity (Wildman–Crippen MR) is 80.9 cm³/mol. The fourth-order valence-electron chi connectivity index (χ4n) is 1.86. The van der Waals surface area contributed by atoms with Crippen molar-refractivity contribution < 1.29 is 18.6 Å². The molecule has 0 aliphatic carbocycles. The lowest BCUT2D eigenvalue weighted by molar-refractivity contribution is 0.116. The Morgan fingerprint density at radius 3 is 2.75 bits per heavy atom. The maximum absolute atomic E-state index is 5.84. The molecule has 1 aliphatic heterocycles. The van der Waals surface area contributed by atoms with Crippen molar-refractivity contribution in [1.29, 1.82) is 0 Å². The lowest BCUT2D eigenvalue weighted by Gasteiger charge is -2.12. The number of para-hydroxylation sites is 1. The molecule has 0 aromatic heterocycles. The van der Waals surface area contributed by atoms with Gasteiger partial charge in [0, 0.05) is 6.61 Å². The zero-order chi connectivity index (χ0) is 14.0. The number of benzene rings is 1. The molecule has 20 heavy (non-hydrogen) atoms. The van der Waals surface area contributed by atoms with Gasteiger partial charge in [0.05, 0.1) is 19.8 Å². The lowest BCUT2D eigenvalue weighted by atomic mass is 10.3. The van der Waals surface area contributed by atoms with Gasteiger partial charge in [-0.1, -0.05) is 18.2 Å². The van der Waals surface area contributed by atoms with E-state index in [1.165, 1.54) is 0 Å². The topological polar surface area (TPSA) is 40.2 Å². The number of hydrogen-bond donors (Lipinski definition) is 0. The molecule has 4 nitrogen and oxygen atoms in total. The van der Waals surface area contributed by atoms with E-state index in [-0.39, 0.29) is 0 Å². The average Bonchev–Trinajstić information content (AvgIpc) is 3.29. The van der Waals surface area contributed by atoms with Gasteiger partial charge < -0.3 is 18.6 Å². The zero-order valence-electron chi connectivity index (χ0n) is 12.1. The molecule has 0 bridgehead atoms. The first-order valence-corrected chi connectivity index (χ1v) is 9.77. The van der Waals surface area contributed by atoms with Crippen LogP contribution in [0.25, 0.3) is 0 Å². The first-order valence-electron chi connectivity index (χ1n) is 7.33. The molecule has 0 saturated carbocycles. The minimum atomic E-state index is -1.07. The van der Waals surface area contributed by atoms with E-state index in [1.807, 2.05) is 30.3 Å². The van der Waals surface area contributed by atoms with Crippen molar-refractivity contribution in [2.24, 2.45) is 0 Å². The van der Waals surface area contributed by atoms with Crippen LogP contribution in [0.2, 0.25) is 12.6 Å². The molecule has 2 unspecified atom stereocenters. The number of rotatable bonds is 11. The van der Waals surface area contributed by atoms with Crippen LogP contribution in [0.15, 0.2) is 30.3 Å². The number of epoxide rings is 1. The highest BCUT2D eigenvalue weighted by atomic mass is 28.3. The molecule has 112 valence electrons. The molecule has 0 N–H and O–H groups in total. The summed E-state index contributed by atoms with van der Waals surface area (Å²) in [4.78, 5) is 0. The summed E-state index contributed by atoms with van der Waals surface area (Å²) in [7, 11) is -1.07. The molecule has 0 spiro atoms. The number of ether oxygens (including phenoxy) is 3. The molecule has 1 aromatic rings. The van der Waals surface area contributed by atoms with Crippen LogP contribution in [-0.2, 0) is 13.9 Å². The Hall–Kier alpha value is -0.883. The Kier molecular flexibility index (Phi) is 7.07. The van der Waals surface area contributed by atoms with E-state index in [1.54, 1.807) is 0 Å². The highest BCUT2D eigenvalue weighted by Gasteiger charge is 2.21. The Morgan fingerprint density at radius 1 is 1.20 bits per heavy atom. The van der Waals surface area contributed by atoms with Gasteiger partial charge in [-0.15, -0.1) is 0 Å². The van der Waals surface area contributed by atoms with Crippen molar-refractivity contribution in [3.8, 4) is 5.75 Å². The minimum Gasteiger partial charge on any atom is -0.491 e. The summed E-state index contributed by atoms with van der Waals surface area (Å²) in [5.74, 6) is 0.904. The lowest BCUT2D eigenvalue weighted by Crippen LogP contribution is -2.18. The molecular weight excluding hydrogens is 272 g/mol. The quantitative estimate of drug-likeness (QED) is 0.357. The van der Waals surface area contributed by atoms with Crippen molar-refractivity contribution in [2.45, 2.75) is 25.1 Å². The standard InChI is InChI=1S/C15H24O4Si/c1-20(11-5-8-16-12-15-13-18-15)19-10-9-17-14-6-3-2-4-7-14/h2-4,6-7,15,20H,5,8-13H2,1H3. The SMILES string of the molecule is C[SiH](CCCOCC1CO1)OCCOc1ccccc1. The molecule has 1 aromatic carbocycles. The summed E-state index contributed by atoms with van der Waals surface area (Å²) in [5, 5.41) is 0. The van der Waals surface area contributed by atoms with Crippen LogP contribution in [0, 0.1) is 0 Å². The van der Waals surface area contributed by atoms with E-state index in [9.17, 15) is 0 Å². The van der Waals surface area contributed by atoms with Crippen LogP contribution in [0.1, 0.15) is 6.42 Å². The van der Waals surface area contributed by atoms with Crippen molar-refractivity contribution in [3.63, 3.8) is 0 Å². The Bertz CT molecular complexity index is 356. The predicted octanol–water partition coefficient (Wildman–Crippen LogP) is 2.24. The van der Waals surface area contributed by atoms with Gasteiger partial charge in [-0.3, -0.25) is 0 Å². The van der Waals surface area contributed by atoms with Gasteiger partial charge >= 0.3 is 0 Å². The van der Waals surface area contributed by atoms with Gasteiger partial charge in [-0.05, 0) is 31.1 Å². The maximum atomic E-state index is 5.84. The molecule has 2 atom stereocenters. The third kappa shape index (κ3) is 7.05.